The van der Waals surface area contributed by atoms with Crippen LogP contribution in [0, 0.1) is 10.1 Å². The smallest absolute Gasteiger partial charge is 0.278 e. The Kier molecular flexibility index (Phi) is 6.14. The molecule has 0 spiro atoms. The molecule has 31 heavy (non-hydrogen) atoms. The lowest BCUT2D eigenvalue weighted by molar-refractivity contribution is -0.385. The summed E-state index contributed by atoms with van der Waals surface area (Å²) >= 11 is 0. The molecule has 0 unspecified atom stereocenters. The van der Waals surface area contributed by atoms with E-state index in [1.807, 2.05) is 12.1 Å². The third-order valence-corrected chi connectivity index (χ3v) is 5.34. The molecule has 1 aliphatic rings. The van der Waals surface area contributed by atoms with E-state index in [-0.39, 0.29) is 11.6 Å². The molecule has 7 nitrogen and oxygen atoms in total. The molecule has 0 bridgehead atoms. The van der Waals surface area contributed by atoms with Crippen molar-refractivity contribution in [3.05, 3.63) is 111 Å². The van der Waals surface area contributed by atoms with E-state index in [1.165, 1.54) is 23.4 Å². The van der Waals surface area contributed by atoms with Gasteiger partial charge in [-0.2, -0.15) is 5.10 Å². The van der Waals surface area contributed by atoms with Crippen LogP contribution < -0.4 is 5.43 Å². The van der Waals surface area contributed by atoms with E-state index >= 15 is 0 Å². The van der Waals surface area contributed by atoms with Crippen molar-refractivity contribution >= 4 is 17.8 Å². The van der Waals surface area contributed by atoms with Gasteiger partial charge in [-0.1, -0.05) is 48.5 Å². The number of para-hydroxylation sites is 1. The molecule has 1 aliphatic heterocycles. The number of fused-ring (bicyclic) bond motifs is 1. The summed E-state index contributed by atoms with van der Waals surface area (Å²) < 4.78 is 0. The van der Waals surface area contributed by atoms with Crippen LogP contribution in [0.1, 0.15) is 32.6 Å². The number of nitro benzene ring substituents is 1. The number of hydrogen-bond acceptors (Lipinski definition) is 5. The quantitative estimate of drug-likeness (QED) is 0.376. The number of carbonyl (C=O) groups is 1. The Balaban J connectivity index is 1.34. The molecule has 0 saturated heterocycles. The molecule has 1 amide bonds. The summed E-state index contributed by atoms with van der Waals surface area (Å²) in [5.41, 5.74) is 7.10. The second-order valence-electron chi connectivity index (χ2n) is 7.44. The van der Waals surface area contributed by atoms with Gasteiger partial charge in [-0.05, 0) is 41.3 Å². The molecule has 3 aromatic rings. The molecule has 1 N–H and O–H groups in total. The van der Waals surface area contributed by atoms with Gasteiger partial charge in [-0.25, -0.2) is 5.43 Å². The van der Waals surface area contributed by atoms with Crippen molar-refractivity contribution in [1.29, 1.82) is 0 Å². The number of nitrogens with one attached hydrogen (secondary N) is 1. The van der Waals surface area contributed by atoms with Crippen molar-refractivity contribution in [2.45, 2.75) is 19.5 Å². The zero-order valence-electron chi connectivity index (χ0n) is 16.9. The van der Waals surface area contributed by atoms with Crippen molar-refractivity contribution < 1.29 is 9.72 Å². The lowest BCUT2D eigenvalue weighted by atomic mass is 9.99. The number of benzene rings is 3. The summed E-state index contributed by atoms with van der Waals surface area (Å²) in [4.78, 5) is 25.3. The Morgan fingerprint density at radius 1 is 1.03 bits per heavy atom. The maximum Gasteiger partial charge on any atom is 0.278 e. The monoisotopic (exact) mass is 414 g/mol. The Hall–Kier alpha value is -3.84. The van der Waals surface area contributed by atoms with Crippen molar-refractivity contribution in [1.82, 2.24) is 10.3 Å². The minimum atomic E-state index is -0.483. The van der Waals surface area contributed by atoms with Crippen LogP contribution in [-0.4, -0.2) is 28.5 Å². The highest BCUT2D eigenvalue weighted by molar-refractivity contribution is 5.95. The predicted octanol–water partition coefficient (Wildman–Crippen LogP) is 3.92. The predicted molar refractivity (Wildman–Crippen MR) is 119 cm³/mol. The highest BCUT2D eigenvalue weighted by Gasteiger charge is 2.16. The van der Waals surface area contributed by atoms with Crippen LogP contribution in [-0.2, 0) is 19.5 Å². The van der Waals surface area contributed by atoms with Gasteiger partial charge in [0.1, 0.15) is 0 Å². The van der Waals surface area contributed by atoms with Crippen molar-refractivity contribution in [3.8, 4) is 0 Å². The third kappa shape index (κ3) is 5.02. The fourth-order valence-electron chi connectivity index (χ4n) is 3.70. The number of nitrogens with zero attached hydrogens (tertiary/aromatic N) is 3. The molecule has 4 rings (SSSR count). The summed E-state index contributed by atoms with van der Waals surface area (Å²) in [5.74, 6) is -0.367. The van der Waals surface area contributed by atoms with E-state index in [4.69, 9.17) is 0 Å². The van der Waals surface area contributed by atoms with Crippen LogP contribution in [0.2, 0.25) is 0 Å². The molecule has 3 aromatic carbocycles. The van der Waals surface area contributed by atoms with Gasteiger partial charge >= 0.3 is 0 Å². The fraction of sp³-hybridized carbons (Fsp3) is 0.167. The van der Waals surface area contributed by atoms with Crippen molar-refractivity contribution in [2.24, 2.45) is 5.10 Å². The number of nitro groups is 1. The van der Waals surface area contributed by atoms with Crippen molar-refractivity contribution in [3.63, 3.8) is 0 Å². The average Bonchev–Trinajstić information content (AvgIpc) is 2.79. The Bertz CT molecular complexity index is 1130. The van der Waals surface area contributed by atoms with Crippen LogP contribution in [0.3, 0.4) is 0 Å². The highest BCUT2D eigenvalue weighted by atomic mass is 16.6. The van der Waals surface area contributed by atoms with E-state index < -0.39 is 4.92 Å². The third-order valence-electron chi connectivity index (χ3n) is 5.34. The summed E-state index contributed by atoms with van der Waals surface area (Å²) in [7, 11) is 0. The Morgan fingerprint density at radius 2 is 1.74 bits per heavy atom. The Morgan fingerprint density at radius 3 is 2.52 bits per heavy atom. The molecule has 7 heteroatoms. The summed E-state index contributed by atoms with van der Waals surface area (Å²) in [6, 6.07) is 22.2. The molecule has 0 aromatic heterocycles. The first kappa shape index (κ1) is 20.4. The highest BCUT2D eigenvalue weighted by Crippen LogP contribution is 2.20. The maximum atomic E-state index is 12.3. The number of amides is 1. The summed E-state index contributed by atoms with van der Waals surface area (Å²) in [6.45, 7) is 2.77. The van der Waals surface area contributed by atoms with Gasteiger partial charge in [0, 0.05) is 31.3 Å². The largest absolute Gasteiger partial charge is 0.294 e. The first-order valence-corrected chi connectivity index (χ1v) is 10.0. The topological polar surface area (TPSA) is 87.8 Å². The Labute approximate surface area is 180 Å². The summed E-state index contributed by atoms with van der Waals surface area (Å²) in [5, 5.41) is 14.9. The van der Waals surface area contributed by atoms with Crippen LogP contribution in [0.15, 0.2) is 77.9 Å². The molecule has 0 radical (unpaired) electrons. The van der Waals surface area contributed by atoms with Crippen LogP contribution in [0.5, 0.6) is 0 Å². The first-order valence-electron chi connectivity index (χ1n) is 10.0. The average molecular weight is 414 g/mol. The minimum absolute atomic E-state index is 0.0646. The van der Waals surface area contributed by atoms with E-state index in [1.54, 1.807) is 30.3 Å². The molecule has 0 saturated carbocycles. The SMILES string of the molecule is O=C(N/N=C\c1ccccc1[N+](=O)[O-])c1ccc(CN2CCc3ccccc3C2)cc1. The molecule has 1 heterocycles. The van der Waals surface area contributed by atoms with Gasteiger partial charge in [-0.3, -0.25) is 19.8 Å². The number of hydrogen-bond donors (Lipinski definition) is 1. The first-order chi connectivity index (χ1) is 15.1. The number of hydrazone groups is 1. The van der Waals surface area contributed by atoms with Crippen LogP contribution >= 0.6 is 0 Å². The number of carbonyl (C=O) groups excluding carboxylic acids is 1. The van der Waals surface area contributed by atoms with Gasteiger partial charge in [0.05, 0.1) is 16.7 Å². The van der Waals surface area contributed by atoms with Crippen molar-refractivity contribution in [2.75, 3.05) is 6.54 Å². The summed E-state index contributed by atoms with van der Waals surface area (Å²) in [6.07, 6.45) is 2.33. The zero-order chi connectivity index (χ0) is 21.6. The normalized spacial score (nSPS) is 13.7. The van der Waals surface area contributed by atoms with Gasteiger partial charge in [0.2, 0.25) is 0 Å². The van der Waals surface area contributed by atoms with E-state index in [2.05, 4.69) is 39.7 Å². The lowest BCUT2D eigenvalue weighted by Crippen LogP contribution is -2.30. The fourth-order valence-corrected chi connectivity index (χ4v) is 3.70. The maximum absolute atomic E-state index is 12.3. The van der Waals surface area contributed by atoms with E-state index in [9.17, 15) is 14.9 Å². The van der Waals surface area contributed by atoms with Gasteiger partial charge in [-0.15, -0.1) is 0 Å². The standard InChI is InChI=1S/C24H22N4O3/c29-24(26-25-15-21-6-3-4-8-23(21)28(30)31)20-11-9-18(10-12-20)16-27-14-13-19-5-1-2-7-22(19)17-27/h1-12,15H,13-14,16-17H2,(H,26,29)/b25-15-. The molecular formula is C24H22N4O3. The molecule has 0 fully saturated rings. The van der Waals surface area contributed by atoms with Gasteiger partial charge in [0.25, 0.3) is 11.6 Å². The second-order valence-corrected chi connectivity index (χ2v) is 7.44. The van der Waals surface area contributed by atoms with Crippen LogP contribution in [0.4, 0.5) is 5.69 Å². The van der Waals surface area contributed by atoms with E-state index in [0.717, 1.165) is 31.6 Å². The molecule has 0 aliphatic carbocycles. The van der Waals surface area contributed by atoms with Gasteiger partial charge in [0.15, 0.2) is 0 Å². The van der Waals surface area contributed by atoms with Crippen LogP contribution in [0.25, 0.3) is 0 Å². The molecular weight excluding hydrogens is 392 g/mol. The zero-order valence-corrected chi connectivity index (χ0v) is 16.9. The minimum Gasteiger partial charge on any atom is -0.294 e. The van der Waals surface area contributed by atoms with Gasteiger partial charge < -0.3 is 0 Å². The van der Waals surface area contributed by atoms with E-state index in [0.29, 0.717) is 11.1 Å². The molecule has 156 valence electrons. The number of rotatable bonds is 6. The molecule has 0 atom stereocenters. The lowest BCUT2D eigenvalue weighted by Gasteiger charge is -2.28. The second kappa shape index (κ2) is 9.32.